The summed E-state index contributed by atoms with van der Waals surface area (Å²) in [5.74, 6) is 0.656. The maximum atomic E-state index is 12.6. The van der Waals surface area contributed by atoms with Crippen molar-refractivity contribution in [3.8, 4) is 5.75 Å². The molecule has 0 bridgehead atoms. The summed E-state index contributed by atoms with van der Waals surface area (Å²) >= 11 is 0. The molecule has 1 aliphatic rings. The lowest BCUT2D eigenvalue weighted by Crippen LogP contribution is -2.33. The van der Waals surface area contributed by atoms with Crippen LogP contribution in [0.15, 0.2) is 77.7 Å². The average molecular weight is 417 g/mol. The molecule has 1 fully saturated rings. The van der Waals surface area contributed by atoms with Crippen molar-refractivity contribution >= 4 is 0 Å². The largest absolute Gasteiger partial charge is 0.503 e. The number of aromatic nitrogens is 1. The second-order valence-electron chi connectivity index (χ2n) is 8.71. The highest BCUT2D eigenvalue weighted by atomic mass is 16.3. The monoisotopic (exact) mass is 416 g/mol. The van der Waals surface area contributed by atoms with Gasteiger partial charge in [-0.1, -0.05) is 67.1 Å². The van der Waals surface area contributed by atoms with E-state index >= 15 is 0 Å². The molecule has 2 aromatic carbocycles. The van der Waals surface area contributed by atoms with Crippen molar-refractivity contribution in [2.75, 3.05) is 13.1 Å². The molecule has 0 atom stereocenters. The number of likely N-dealkylation sites (tertiary alicyclic amines) is 1. The zero-order chi connectivity index (χ0) is 21.5. The Morgan fingerprint density at radius 2 is 1.45 bits per heavy atom. The van der Waals surface area contributed by atoms with E-state index in [1.165, 1.54) is 18.4 Å². The summed E-state index contributed by atoms with van der Waals surface area (Å²) in [5.41, 5.74) is 2.92. The molecule has 162 valence electrons. The van der Waals surface area contributed by atoms with Crippen LogP contribution in [0, 0.1) is 5.92 Å². The van der Waals surface area contributed by atoms with Crippen LogP contribution in [-0.2, 0) is 19.5 Å². The Morgan fingerprint density at radius 1 is 0.839 bits per heavy atom. The van der Waals surface area contributed by atoms with Gasteiger partial charge < -0.3 is 9.67 Å². The number of aryl methyl sites for hydroxylation is 1. The Morgan fingerprint density at radius 3 is 2.10 bits per heavy atom. The van der Waals surface area contributed by atoms with Crippen molar-refractivity contribution in [1.82, 2.24) is 9.47 Å². The van der Waals surface area contributed by atoms with Crippen molar-refractivity contribution in [2.45, 2.75) is 45.2 Å². The number of benzene rings is 2. The summed E-state index contributed by atoms with van der Waals surface area (Å²) in [4.78, 5) is 15.1. The number of aromatic hydroxyl groups is 1. The SMILES string of the molecule is O=c1c(O)c(CCCC2CCN(Cc3ccccc3)CC2)ccn1Cc1ccccc1. The summed E-state index contributed by atoms with van der Waals surface area (Å²) in [5, 5.41) is 10.4. The zero-order valence-corrected chi connectivity index (χ0v) is 18.1. The predicted octanol–water partition coefficient (Wildman–Crippen LogP) is 4.84. The van der Waals surface area contributed by atoms with Crippen molar-refractivity contribution in [3.05, 3.63) is 100.0 Å². The number of pyridine rings is 1. The molecule has 1 N–H and O–H groups in total. The lowest BCUT2D eigenvalue weighted by molar-refractivity contribution is 0.171. The summed E-state index contributed by atoms with van der Waals surface area (Å²) in [6.45, 7) is 3.83. The van der Waals surface area contributed by atoms with E-state index in [1.807, 2.05) is 42.6 Å². The van der Waals surface area contributed by atoms with Crippen molar-refractivity contribution < 1.29 is 5.11 Å². The van der Waals surface area contributed by atoms with Crippen LogP contribution in [0.5, 0.6) is 5.75 Å². The van der Waals surface area contributed by atoms with E-state index < -0.39 is 0 Å². The van der Waals surface area contributed by atoms with Gasteiger partial charge in [0.15, 0.2) is 5.75 Å². The standard InChI is InChI=1S/C27H32N2O2/c30-26-25(16-19-29(27(26)31)21-24-10-5-2-6-11-24)13-7-12-22-14-17-28(18-15-22)20-23-8-3-1-4-9-23/h1-6,8-11,16,19,22,30H,7,12-15,17-18,20-21H2. The summed E-state index contributed by atoms with van der Waals surface area (Å²) in [6, 6.07) is 22.4. The summed E-state index contributed by atoms with van der Waals surface area (Å²) < 4.78 is 1.58. The Kier molecular flexibility index (Phi) is 7.21. The molecule has 0 aliphatic carbocycles. The van der Waals surface area contributed by atoms with Gasteiger partial charge in [-0.15, -0.1) is 0 Å². The number of piperidine rings is 1. The van der Waals surface area contributed by atoms with Crippen LogP contribution >= 0.6 is 0 Å². The first-order valence-electron chi connectivity index (χ1n) is 11.4. The van der Waals surface area contributed by atoms with Crippen molar-refractivity contribution in [2.24, 2.45) is 5.92 Å². The first-order valence-corrected chi connectivity index (χ1v) is 11.4. The van der Waals surface area contributed by atoms with Gasteiger partial charge in [0.1, 0.15) is 0 Å². The summed E-state index contributed by atoms with van der Waals surface area (Å²) in [7, 11) is 0. The zero-order valence-electron chi connectivity index (χ0n) is 18.1. The van der Waals surface area contributed by atoms with Gasteiger partial charge in [0.25, 0.3) is 5.56 Å². The maximum Gasteiger partial charge on any atom is 0.293 e. The molecule has 0 unspecified atom stereocenters. The Labute approximate surface area is 184 Å². The van der Waals surface area contributed by atoms with E-state index in [1.54, 1.807) is 4.57 Å². The molecule has 31 heavy (non-hydrogen) atoms. The maximum absolute atomic E-state index is 12.6. The molecule has 2 heterocycles. The molecule has 1 saturated heterocycles. The molecule has 0 spiro atoms. The minimum absolute atomic E-state index is 0.0869. The second kappa shape index (κ2) is 10.5. The Hall–Kier alpha value is -2.85. The molecule has 0 radical (unpaired) electrons. The number of rotatable bonds is 8. The van der Waals surface area contributed by atoms with E-state index in [0.717, 1.165) is 55.9 Å². The van der Waals surface area contributed by atoms with Crippen LogP contribution < -0.4 is 5.56 Å². The van der Waals surface area contributed by atoms with Gasteiger partial charge in [-0.2, -0.15) is 0 Å². The quantitative estimate of drug-likeness (QED) is 0.572. The van der Waals surface area contributed by atoms with E-state index in [0.29, 0.717) is 6.54 Å². The minimum atomic E-state index is -0.296. The minimum Gasteiger partial charge on any atom is -0.503 e. The highest BCUT2D eigenvalue weighted by Crippen LogP contribution is 2.25. The normalized spacial score (nSPS) is 15.2. The fourth-order valence-corrected chi connectivity index (χ4v) is 4.56. The molecule has 4 rings (SSSR count). The molecular weight excluding hydrogens is 384 g/mol. The average Bonchev–Trinajstić information content (AvgIpc) is 2.81. The third kappa shape index (κ3) is 5.86. The third-order valence-corrected chi connectivity index (χ3v) is 6.43. The lowest BCUT2D eigenvalue weighted by Gasteiger charge is -2.32. The van der Waals surface area contributed by atoms with Crippen LogP contribution in [0.1, 0.15) is 42.4 Å². The fraction of sp³-hybridized carbons (Fsp3) is 0.370. The molecule has 4 nitrogen and oxygen atoms in total. The van der Waals surface area contributed by atoms with Crippen LogP contribution in [-0.4, -0.2) is 27.7 Å². The van der Waals surface area contributed by atoms with Gasteiger partial charge in [-0.3, -0.25) is 9.69 Å². The molecule has 0 saturated carbocycles. The van der Waals surface area contributed by atoms with Crippen LogP contribution in [0.2, 0.25) is 0 Å². The fourth-order valence-electron chi connectivity index (χ4n) is 4.56. The van der Waals surface area contributed by atoms with E-state index in [-0.39, 0.29) is 11.3 Å². The van der Waals surface area contributed by atoms with Crippen LogP contribution in [0.25, 0.3) is 0 Å². The van der Waals surface area contributed by atoms with E-state index in [4.69, 9.17) is 0 Å². The number of nitrogens with zero attached hydrogens (tertiary/aromatic N) is 2. The molecule has 3 aromatic rings. The van der Waals surface area contributed by atoms with Gasteiger partial charge in [0, 0.05) is 18.3 Å². The van der Waals surface area contributed by atoms with Crippen LogP contribution in [0.3, 0.4) is 0 Å². The molecule has 4 heteroatoms. The first-order chi connectivity index (χ1) is 15.2. The van der Waals surface area contributed by atoms with Crippen molar-refractivity contribution in [3.63, 3.8) is 0 Å². The highest BCUT2D eigenvalue weighted by Gasteiger charge is 2.19. The molecule has 0 amide bonds. The van der Waals surface area contributed by atoms with Gasteiger partial charge >= 0.3 is 0 Å². The highest BCUT2D eigenvalue weighted by molar-refractivity contribution is 5.30. The molecule has 1 aromatic heterocycles. The van der Waals surface area contributed by atoms with Crippen molar-refractivity contribution in [1.29, 1.82) is 0 Å². The second-order valence-corrected chi connectivity index (χ2v) is 8.71. The van der Waals surface area contributed by atoms with Gasteiger partial charge in [-0.25, -0.2) is 0 Å². The number of hydrogen-bond acceptors (Lipinski definition) is 3. The van der Waals surface area contributed by atoms with E-state index in [9.17, 15) is 9.90 Å². The summed E-state index contributed by atoms with van der Waals surface area (Å²) in [6.07, 6.45) is 7.21. The van der Waals surface area contributed by atoms with Gasteiger partial charge in [-0.05, 0) is 61.9 Å². The van der Waals surface area contributed by atoms with Crippen LogP contribution in [0.4, 0.5) is 0 Å². The molecule has 1 aliphatic heterocycles. The molecular formula is C27H32N2O2. The predicted molar refractivity (Wildman–Crippen MR) is 125 cm³/mol. The van der Waals surface area contributed by atoms with Gasteiger partial charge in [0.2, 0.25) is 0 Å². The number of hydrogen-bond donors (Lipinski definition) is 1. The first kappa shape index (κ1) is 21.4. The Balaban J connectivity index is 1.24. The Bertz CT molecular complexity index is 1010. The smallest absolute Gasteiger partial charge is 0.293 e. The third-order valence-electron chi connectivity index (χ3n) is 6.43. The van der Waals surface area contributed by atoms with E-state index in [2.05, 4.69) is 35.2 Å². The lowest BCUT2D eigenvalue weighted by atomic mass is 9.90. The van der Waals surface area contributed by atoms with Gasteiger partial charge in [0.05, 0.1) is 6.54 Å². The topological polar surface area (TPSA) is 45.5 Å².